The van der Waals surface area contributed by atoms with Crippen molar-refractivity contribution in [1.29, 1.82) is 0 Å². The van der Waals surface area contributed by atoms with E-state index in [1.807, 2.05) is 49.5 Å². The molecule has 4 aromatic rings. The Morgan fingerprint density at radius 3 is 2.92 bits per heavy atom. The number of aromatic amines is 1. The first-order chi connectivity index (χ1) is 12.6. The molecule has 0 aliphatic carbocycles. The third-order valence-electron chi connectivity index (χ3n) is 3.99. The Morgan fingerprint density at radius 1 is 1.19 bits per heavy atom. The first-order valence-electron chi connectivity index (χ1n) is 8.01. The second-order valence-electron chi connectivity index (χ2n) is 5.87. The Morgan fingerprint density at radius 2 is 2.08 bits per heavy atom. The van der Waals surface area contributed by atoms with Crippen molar-refractivity contribution in [3.8, 4) is 10.6 Å². The topological polar surface area (TPSA) is 95.6 Å². The molecule has 0 bridgehead atoms. The highest BCUT2D eigenvalue weighted by Crippen LogP contribution is 2.32. The van der Waals surface area contributed by atoms with E-state index in [0.717, 1.165) is 38.4 Å². The van der Waals surface area contributed by atoms with Crippen molar-refractivity contribution in [2.45, 2.75) is 13.8 Å². The number of amides is 1. The van der Waals surface area contributed by atoms with E-state index in [0.29, 0.717) is 5.13 Å². The zero-order valence-corrected chi connectivity index (χ0v) is 15.0. The Bertz CT molecular complexity index is 1100. The van der Waals surface area contributed by atoms with Crippen molar-refractivity contribution in [3.05, 3.63) is 48.2 Å². The van der Waals surface area contributed by atoms with Crippen molar-refractivity contribution in [3.63, 3.8) is 0 Å². The molecule has 0 unspecified atom stereocenters. The number of rotatable bonds is 4. The van der Waals surface area contributed by atoms with Gasteiger partial charge in [-0.1, -0.05) is 23.5 Å². The number of nitrogens with one attached hydrogen (secondary N) is 3. The normalized spacial score (nSPS) is 10.8. The van der Waals surface area contributed by atoms with Gasteiger partial charge in [0.25, 0.3) is 0 Å². The van der Waals surface area contributed by atoms with Gasteiger partial charge in [-0.05, 0) is 36.8 Å². The van der Waals surface area contributed by atoms with Gasteiger partial charge in [0.05, 0.1) is 11.7 Å². The molecule has 0 radical (unpaired) electrons. The van der Waals surface area contributed by atoms with Crippen LogP contribution in [0.1, 0.15) is 12.5 Å². The van der Waals surface area contributed by atoms with E-state index in [9.17, 15) is 4.79 Å². The maximum atomic E-state index is 11.2. The van der Waals surface area contributed by atoms with E-state index < -0.39 is 0 Å². The molecule has 0 saturated heterocycles. The van der Waals surface area contributed by atoms with Crippen LogP contribution >= 0.6 is 11.3 Å². The zero-order chi connectivity index (χ0) is 18.1. The Labute approximate surface area is 153 Å². The number of H-pyrrole nitrogens is 1. The molecular formula is C18H16N6OS. The van der Waals surface area contributed by atoms with E-state index in [1.165, 1.54) is 18.3 Å². The zero-order valence-electron chi connectivity index (χ0n) is 14.2. The molecule has 0 fully saturated rings. The second-order valence-corrected chi connectivity index (χ2v) is 6.85. The highest BCUT2D eigenvalue weighted by atomic mass is 32.1. The number of nitrogens with zero attached hydrogens (tertiary/aromatic N) is 3. The smallest absolute Gasteiger partial charge is 0.221 e. The Kier molecular flexibility index (Phi) is 4.10. The summed E-state index contributed by atoms with van der Waals surface area (Å²) in [5, 5.41) is 24.2. The summed E-state index contributed by atoms with van der Waals surface area (Å²) >= 11 is 1.46. The lowest BCUT2D eigenvalue weighted by molar-refractivity contribution is -0.114. The van der Waals surface area contributed by atoms with Gasteiger partial charge in [0.15, 0.2) is 0 Å². The third-order valence-corrected chi connectivity index (χ3v) is 4.88. The molecule has 2 aromatic heterocycles. The molecule has 130 valence electrons. The molecule has 8 heteroatoms. The van der Waals surface area contributed by atoms with Gasteiger partial charge in [-0.3, -0.25) is 9.89 Å². The lowest BCUT2D eigenvalue weighted by Gasteiger charge is -2.06. The van der Waals surface area contributed by atoms with Crippen molar-refractivity contribution < 1.29 is 4.79 Å². The summed E-state index contributed by atoms with van der Waals surface area (Å²) < 4.78 is 0. The number of fused-ring (bicyclic) bond motifs is 1. The fourth-order valence-electron chi connectivity index (χ4n) is 2.73. The minimum Gasteiger partial charge on any atom is -0.330 e. The number of carbonyl (C=O) groups excluding carboxylic acids is 1. The van der Waals surface area contributed by atoms with Gasteiger partial charge < -0.3 is 10.6 Å². The quantitative estimate of drug-likeness (QED) is 0.507. The molecule has 0 atom stereocenters. The van der Waals surface area contributed by atoms with Crippen LogP contribution in [0.15, 0.2) is 42.6 Å². The van der Waals surface area contributed by atoms with Crippen LogP contribution in [0.2, 0.25) is 0 Å². The number of aromatic nitrogens is 4. The average Bonchev–Trinajstić information content (AvgIpc) is 3.27. The molecule has 1 amide bonds. The summed E-state index contributed by atoms with van der Waals surface area (Å²) in [6.45, 7) is 3.53. The van der Waals surface area contributed by atoms with Gasteiger partial charge in [0.1, 0.15) is 5.01 Å². The first kappa shape index (κ1) is 16.2. The predicted octanol–water partition coefficient (Wildman–Crippen LogP) is 4.09. The second kappa shape index (κ2) is 6.57. The molecule has 0 spiro atoms. The van der Waals surface area contributed by atoms with Gasteiger partial charge >= 0.3 is 0 Å². The van der Waals surface area contributed by atoms with Crippen molar-refractivity contribution in [2.24, 2.45) is 0 Å². The number of benzene rings is 2. The molecule has 3 N–H and O–H groups in total. The molecule has 4 rings (SSSR count). The van der Waals surface area contributed by atoms with Crippen LogP contribution in [0.3, 0.4) is 0 Å². The average molecular weight is 364 g/mol. The first-order valence-corrected chi connectivity index (χ1v) is 8.83. The number of hydrogen-bond donors (Lipinski definition) is 3. The van der Waals surface area contributed by atoms with Crippen LogP contribution < -0.4 is 10.6 Å². The van der Waals surface area contributed by atoms with E-state index >= 15 is 0 Å². The standard InChI is InChI=1S/C18H16N6OS/c1-10-14-9-19-22-16(14)7-6-15(10)21-18-24-23-17(26-18)12-4-3-5-13(8-12)20-11(2)25/h3-9H,1-2H3,(H,19,22)(H,20,25)(H,21,24). The SMILES string of the molecule is CC(=O)Nc1cccc(-c2nnc(Nc3ccc4[nH]ncc4c3C)s2)c1. The summed E-state index contributed by atoms with van der Waals surface area (Å²) in [6, 6.07) is 11.5. The van der Waals surface area contributed by atoms with Gasteiger partial charge in [-0.2, -0.15) is 5.10 Å². The van der Waals surface area contributed by atoms with Gasteiger partial charge in [-0.25, -0.2) is 0 Å². The molecule has 7 nitrogen and oxygen atoms in total. The lowest BCUT2D eigenvalue weighted by Crippen LogP contribution is -2.05. The predicted molar refractivity (Wildman–Crippen MR) is 104 cm³/mol. The highest BCUT2D eigenvalue weighted by Gasteiger charge is 2.10. The molecule has 0 aliphatic heterocycles. The van der Waals surface area contributed by atoms with Gasteiger partial charge in [-0.15, -0.1) is 10.2 Å². The van der Waals surface area contributed by atoms with Crippen LogP contribution in [0, 0.1) is 6.92 Å². The fourth-order valence-corrected chi connectivity index (χ4v) is 3.49. The van der Waals surface area contributed by atoms with Crippen LogP contribution in [-0.2, 0) is 4.79 Å². The van der Waals surface area contributed by atoms with Crippen molar-refractivity contribution in [2.75, 3.05) is 10.6 Å². The monoisotopic (exact) mass is 364 g/mol. The lowest BCUT2D eigenvalue weighted by atomic mass is 10.1. The van der Waals surface area contributed by atoms with Crippen molar-refractivity contribution in [1.82, 2.24) is 20.4 Å². The number of carbonyl (C=O) groups is 1. The van der Waals surface area contributed by atoms with Crippen molar-refractivity contribution >= 4 is 44.7 Å². The molecule has 0 aliphatic rings. The minimum absolute atomic E-state index is 0.105. The maximum absolute atomic E-state index is 11.2. The summed E-state index contributed by atoms with van der Waals surface area (Å²) in [5.41, 5.74) is 4.71. The van der Waals surface area contributed by atoms with E-state index in [-0.39, 0.29) is 5.91 Å². The molecule has 2 aromatic carbocycles. The van der Waals surface area contributed by atoms with E-state index in [1.54, 1.807) is 0 Å². The van der Waals surface area contributed by atoms with Crippen LogP contribution in [0.25, 0.3) is 21.5 Å². The summed E-state index contributed by atoms with van der Waals surface area (Å²) in [7, 11) is 0. The Balaban J connectivity index is 1.60. The van der Waals surface area contributed by atoms with Crippen LogP contribution in [0.5, 0.6) is 0 Å². The number of aryl methyl sites for hydroxylation is 1. The fraction of sp³-hybridized carbons (Fsp3) is 0.111. The Hall–Kier alpha value is -3.26. The van der Waals surface area contributed by atoms with E-state index in [4.69, 9.17) is 0 Å². The molecular weight excluding hydrogens is 348 g/mol. The maximum Gasteiger partial charge on any atom is 0.221 e. The minimum atomic E-state index is -0.105. The highest BCUT2D eigenvalue weighted by molar-refractivity contribution is 7.18. The van der Waals surface area contributed by atoms with Gasteiger partial charge in [0, 0.05) is 29.2 Å². The largest absolute Gasteiger partial charge is 0.330 e. The van der Waals surface area contributed by atoms with Gasteiger partial charge in [0.2, 0.25) is 11.0 Å². The van der Waals surface area contributed by atoms with Crippen LogP contribution in [-0.4, -0.2) is 26.3 Å². The third kappa shape index (κ3) is 3.14. The van der Waals surface area contributed by atoms with E-state index in [2.05, 4.69) is 31.0 Å². The summed E-state index contributed by atoms with van der Waals surface area (Å²) in [6.07, 6.45) is 1.81. The summed E-state index contributed by atoms with van der Waals surface area (Å²) in [4.78, 5) is 11.2. The number of hydrogen-bond acceptors (Lipinski definition) is 6. The number of anilines is 3. The summed E-state index contributed by atoms with van der Waals surface area (Å²) in [5.74, 6) is -0.105. The molecule has 0 saturated carbocycles. The molecule has 26 heavy (non-hydrogen) atoms. The van der Waals surface area contributed by atoms with Crippen LogP contribution in [0.4, 0.5) is 16.5 Å². The molecule has 2 heterocycles.